The molecule has 2 heterocycles. The Labute approximate surface area is 157 Å². The molecule has 2 N–H and O–H groups in total. The summed E-state index contributed by atoms with van der Waals surface area (Å²) in [4.78, 5) is 23.2. The molecular weight excluding hydrogens is 402 g/mol. The van der Waals surface area contributed by atoms with Gasteiger partial charge in [0.15, 0.2) is 5.82 Å². The maximum Gasteiger partial charge on any atom is 0.325 e. The van der Waals surface area contributed by atoms with Crippen molar-refractivity contribution in [3.63, 3.8) is 0 Å². The number of aromatic nitrogens is 4. The van der Waals surface area contributed by atoms with Crippen LogP contribution >= 0.6 is 15.9 Å². The Balaban J connectivity index is 1.74. The first kappa shape index (κ1) is 17.9. The fourth-order valence-electron chi connectivity index (χ4n) is 2.51. The van der Waals surface area contributed by atoms with Crippen molar-refractivity contribution < 1.29 is 14.7 Å². The Morgan fingerprint density at radius 2 is 2.12 bits per heavy atom. The average Bonchev–Trinajstić information content (AvgIpc) is 3.14. The zero-order valence-electron chi connectivity index (χ0n) is 13.9. The summed E-state index contributed by atoms with van der Waals surface area (Å²) in [6, 6.07) is 9.53. The number of halogens is 1. The Morgan fingerprint density at radius 3 is 2.85 bits per heavy atom. The van der Waals surface area contributed by atoms with Gasteiger partial charge in [0, 0.05) is 12.4 Å². The van der Waals surface area contributed by atoms with Crippen molar-refractivity contribution in [3.05, 3.63) is 64.0 Å². The first-order valence-electron chi connectivity index (χ1n) is 7.76. The van der Waals surface area contributed by atoms with E-state index in [2.05, 4.69) is 37.5 Å². The third kappa shape index (κ3) is 4.17. The molecule has 0 aliphatic carbocycles. The summed E-state index contributed by atoms with van der Waals surface area (Å²) < 4.78 is 3.46. The number of hydrogen-bond acceptors (Lipinski definition) is 4. The topological polar surface area (TPSA) is 102 Å². The van der Waals surface area contributed by atoms with Crippen LogP contribution in [0.1, 0.15) is 21.6 Å². The second-order valence-electron chi connectivity index (χ2n) is 5.73. The number of aryl methyl sites for hydroxylation is 1. The maximum absolute atomic E-state index is 12.4. The number of nitrogens with zero attached hydrogens (tertiary/aromatic N) is 4. The lowest BCUT2D eigenvalue weighted by molar-refractivity contribution is -0.137. The number of aliphatic carboxylic acids is 1. The molecule has 3 aromatic rings. The van der Waals surface area contributed by atoms with Gasteiger partial charge in [-0.1, -0.05) is 29.8 Å². The summed E-state index contributed by atoms with van der Waals surface area (Å²) in [5.74, 6) is -1.21. The molecule has 0 unspecified atom stereocenters. The molecule has 0 bridgehead atoms. The van der Waals surface area contributed by atoms with E-state index in [1.54, 1.807) is 10.9 Å². The third-order valence-electron chi connectivity index (χ3n) is 3.61. The predicted octanol–water partition coefficient (Wildman–Crippen LogP) is 2.54. The van der Waals surface area contributed by atoms with Gasteiger partial charge in [-0.2, -0.15) is 10.2 Å². The first-order valence-corrected chi connectivity index (χ1v) is 8.55. The van der Waals surface area contributed by atoms with Gasteiger partial charge in [0.25, 0.3) is 5.91 Å². The van der Waals surface area contributed by atoms with Crippen LogP contribution in [0.5, 0.6) is 0 Å². The summed E-state index contributed by atoms with van der Waals surface area (Å²) in [7, 11) is 0. The van der Waals surface area contributed by atoms with Gasteiger partial charge in [0.05, 0.1) is 11.0 Å². The summed E-state index contributed by atoms with van der Waals surface area (Å²) >= 11 is 3.38. The number of carbonyl (C=O) groups excluding carboxylic acids is 1. The van der Waals surface area contributed by atoms with Gasteiger partial charge in [-0.3, -0.25) is 14.3 Å². The van der Waals surface area contributed by atoms with E-state index in [0.29, 0.717) is 16.8 Å². The van der Waals surface area contributed by atoms with Crippen LogP contribution < -0.4 is 5.32 Å². The van der Waals surface area contributed by atoms with Crippen LogP contribution in [-0.2, 0) is 17.9 Å². The van der Waals surface area contributed by atoms with E-state index in [-0.39, 0.29) is 5.69 Å². The highest BCUT2D eigenvalue weighted by Crippen LogP contribution is 2.21. The smallest absolute Gasteiger partial charge is 0.325 e. The summed E-state index contributed by atoms with van der Waals surface area (Å²) in [6.45, 7) is 2.19. The number of carbonyl (C=O) groups is 2. The van der Waals surface area contributed by atoms with E-state index in [9.17, 15) is 9.59 Å². The van der Waals surface area contributed by atoms with Crippen molar-refractivity contribution in [2.75, 3.05) is 5.32 Å². The highest BCUT2D eigenvalue weighted by Gasteiger charge is 2.17. The van der Waals surface area contributed by atoms with Crippen LogP contribution in [0.15, 0.2) is 47.2 Å². The summed E-state index contributed by atoms with van der Waals surface area (Å²) in [5, 5.41) is 19.8. The molecule has 0 atom stereocenters. The molecule has 3 rings (SSSR count). The molecule has 0 spiro atoms. The lowest BCUT2D eigenvalue weighted by Crippen LogP contribution is -2.21. The van der Waals surface area contributed by atoms with E-state index < -0.39 is 18.4 Å². The molecule has 0 aliphatic rings. The standard InChI is InChI=1S/C17H16BrN5O3/c1-11-3-2-4-12(7-11)8-22-9-13(18)16(21-22)20-17(26)14-5-6-19-23(14)10-15(24)25/h2-7,9H,8,10H2,1H3,(H,24,25)(H,20,21,26). The van der Waals surface area contributed by atoms with E-state index in [4.69, 9.17) is 5.11 Å². The molecule has 8 nitrogen and oxygen atoms in total. The van der Waals surface area contributed by atoms with Gasteiger partial charge in [-0.15, -0.1) is 0 Å². The monoisotopic (exact) mass is 417 g/mol. The number of anilines is 1. The van der Waals surface area contributed by atoms with E-state index in [1.807, 2.05) is 25.1 Å². The Morgan fingerprint density at radius 1 is 1.31 bits per heavy atom. The van der Waals surface area contributed by atoms with E-state index in [1.165, 1.54) is 12.3 Å². The average molecular weight is 418 g/mol. The molecule has 134 valence electrons. The fourth-order valence-corrected chi connectivity index (χ4v) is 2.93. The zero-order valence-corrected chi connectivity index (χ0v) is 15.5. The second kappa shape index (κ2) is 7.52. The van der Waals surface area contributed by atoms with E-state index >= 15 is 0 Å². The number of benzene rings is 1. The number of carboxylic acid groups (broad SMARTS) is 1. The molecule has 1 aromatic carbocycles. The van der Waals surface area contributed by atoms with Crippen LogP contribution in [0.25, 0.3) is 0 Å². The highest BCUT2D eigenvalue weighted by molar-refractivity contribution is 9.10. The van der Waals surface area contributed by atoms with Crippen molar-refractivity contribution >= 4 is 33.6 Å². The lowest BCUT2D eigenvalue weighted by atomic mass is 10.1. The van der Waals surface area contributed by atoms with Crippen LogP contribution in [0.2, 0.25) is 0 Å². The molecule has 1 amide bonds. The van der Waals surface area contributed by atoms with Gasteiger partial charge in [-0.25, -0.2) is 4.68 Å². The molecule has 0 fully saturated rings. The molecular formula is C17H16BrN5O3. The highest BCUT2D eigenvalue weighted by atomic mass is 79.9. The quantitative estimate of drug-likeness (QED) is 0.641. The summed E-state index contributed by atoms with van der Waals surface area (Å²) in [6.07, 6.45) is 3.15. The lowest BCUT2D eigenvalue weighted by Gasteiger charge is -2.05. The Bertz CT molecular complexity index is 963. The van der Waals surface area contributed by atoms with Gasteiger partial charge in [0.2, 0.25) is 0 Å². The van der Waals surface area contributed by atoms with E-state index in [0.717, 1.165) is 15.8 Å². The predicted molar refractivity (Wildman–Crippen MR) is 98.0 cm³/mol. The minimum Gasteiger partial charge on any atom is -0.480 e. The van der Waals surface area contributed by atoms with Gasteiger partial charge in [-0.05, 0) is 34.5 Å². The normalized spacial score (nSPS) is 10.7. The number of nitrogens with one attached hydrogen (secondary N) is 1. The Kier molecular flexibility index (Phi) is 5.17. The fraction of sp³-hybridized carbons (Fsp3) is 0.176. The molecule has 0 aliphatic heterocycles. The van der Waals surface area contributed by atoms with Gasteiger partial charge in [0.1, 0.15) is 12.2 Å². The molecule has 0 radical (unpaired) electrons. The number of amides is 1. The third-order valence-corrected chi connectivity index (χ3v) is 4.19. The maximum atomic E-state index is 12.4. The van der Waals surface area contributed by atoms with Crippen molar-refractivity contribution in [3.8, 4) is 0 Å². The van der Waals surface area contributed by atoms with Crippen LogP contribution in [0.4, 0.5) is 5.82 Å². The molecule has 26 heavy (non-hydrogen) atoms. The zero-order chi connectivity index (χ0) is 18.7. The number of hydrogen-bond donors (Lipinski definition) is 2. The Hall–Kier alpha value is -2.94. The van der Waals surface area contributed by atoms with Crippen LogP contribution in [0.3, 0.4) is 0 Å². The van der Waals surface area contributed by atoms with Crippen molar-refractivity contribution in [1.82, 2.24) is 19.6 Å². The van der Waals surface area contributed by atoms with Gasteiger partial charge < -0.3 is 10.4 Å². The summed E-state index contributed by atoms with van der Waals surface area (Å²) in [5.41, 5.74) is 2.40. The van der Waals surface area contributed by atoms with Gasteiger partial charge >= 0.3 is 5.97 Å². The van der Waals surface area contributed by atoms with Crippen molar-refractivity contribution in [1.29, 1.82) is 0 Å². The molecule has 9 heteroatoms. The minimum atomic E-state index is -1.08. The molecule has 2 aromatic heterocycles. The largest absolute Gasteiger partial charge is 0.480 e. The number of carboxylic acids is 1. The van der Waals surface area contributed by atoms with Crippen molar-refractivity contribution in [2.24, 2.45) is 0 Å². The molecule has 0 saturated heterocycles. The molecule has 0 saturated carbocycles. The second-order valence-corrected chi connectivity index (χ2v) is 6.59. The minimum absolute atomic E-state index is 0.146. The van der Waals surface area contributed by atoms with Crippen molar-refractivity contribution in [2.45, 2.75) is 20.0 Å². The first-order chi connectivity index (χ1) is 12.4. The van der Waals surface area contributed by atoms with Crippen LogP contribution in [-0.4, -0.2) is 36.5 Å². The van der Waals surface area contributed by atoms with Crippen LogP contribution in [0, 0.1) is 6.92 Å². The SMILES string of the molecule is Cc1cccc(Cn2cc(Br)c(NC(=O)c3ccnn3CC(=O)O)n2)c1. The number of rotatable bonds is 6.